The number of pyridine rings is 1. The van der Waals surface area contributed by atoms with Crippen LogP contribution in [0.15, 0.2) is 48.7 Å². The summed E-state index contributed by atoms with van der Waals surface area (Å²) in [5.74, 6) is 0.779. The average molecular weight is 448 g/mol. The van der Waals surface area contributed by atoms with Crippen LogP contribution in [0.25, 0.3) is 0 Å². The highest BCUT2D eigenvalue weighted by Crippen LogP contribution is 2.40. The Bertz CT molecular complexity index is 951. The Balaban J connectivity index is 1.19. The summed E-state index contributed by atoms with van der Waals surface area (Å²) in [6.45, 7) is 6.34. The number of carbonyl (C=O) groups excluding carboxylic acids is 1. The van der Waals surface area contributed by atoms with Crippen LogP contribution in [0.2, 0.25) is 0 Å². The summed E-state index contributed by atoms with van der Waals surface area (Å²) in [5, 5.41) is 3.44. The Labute approximate surface area is 197 Å². The zero-order chi connectivity index (χ0) is 22.8. The van der Waals surface area contributed by atoms with Gasteiger partial charge in [0.15, 0.2) is 0 Å². The maximum absolute atomic E-state index is 13.3. The number of aromatic nitrogens is 1. The molecule has 3 fully saturated rings. The van der Waals surface area contributed by atoms with Crippen molar-refractivity contribution in [2.45, 2.75) is 70.1 Å². The van der Waals surface area contributed by atoms with Crippen molar-refractivity contribution < 1.29 is 4.79 Å². The predicted molar refractivity (Wildman–Crippen MR) is 130 cm³/mol. The van der Waals surface area contributed by atoms with Crippen LogP contribution >= 0.6 is 0 Å². The molecule has 1 aromatic carbocycles. The molecule has 176 valence electrons. The molecule has 33 heavy (non-hydrogen) atoms. The number of hydrazine groups is 1. The Morgan fingerprint density at radius 1 is 1.15 bits per heavy atom. The number of nitrogens with one attached hydrogen (secondary N) is 3. The predicted octanol–water partition coefficient (Wildman–Crippen LogP) is 3.67. The minimum absolute atomic E-state index is 0.0975. The molecular formula is C27H37N5O. The maximum Gasteiger partial charge on any atom is 0.223 e. The van der Waals surface area contributed by atoms with E-state index >= 15 is 0 Å². The number of hydrogen-bond donors (Lipinski definition) is 3. The van der Waals surface area contributed by atoms with Crippen LogP contribution in [0.4, 0.5) is 0 Å². The third kappa shape index (κ3) is 4.98. The second kappa shape index (κ2) is 9.92. The van der Waals surface area contributed by atoms with Crippen molar-refractivity contribution in [3.8, 4) is 0 Å². The summed E-state index contributed by atoms with van der Waals surface area (Å²) >= 11 is 0. The minimum atomic E-state index is 0.0975. The van der Waals surface area contributed by atoms with Crippen molar-refractivity contribution in [1.29, 1.82) is 0 Å². The van der Waals surface area contributed by atoms with Gasteiger partial charge in [0.1, 0.15) is 0 Å². The van der Waals surface area contributed by atoms with Gasteiger partial charge in [-0.05, 0) is 81.7 Å². The largest absolute Gasteiger partial charge is 0.352 e. The van der Waals surface area contributed by atoms with Gasteiger partial charge in [-0.3, -0.25) is 20.1 Å². The summed E-state index contributed by atoms with van der Waals surface area (Å²) in [7, 11) is 0. The molecule has 5 unspecified atom stereocenters. The van der Waals surface area contributed by atoms with E-state index in [-0.39, 0.29) is 23.9 Å². The molecule has 1 amide bonds. The van der Waals surface area contributed by atoms with Gasteiger partial charge in [-0.1, -0.05) is 30.3 Å². The van der Waals surface area contributed by atoms with E-state index in [2.05, 4.69) is 75.4 Å². The molecule has 1 aliphatic carbocycles. The molecule has 0 bridgehead atoms. The molecule has 0 spiro atoms. The van der Waals surface area contributed by atoms with Crippen LogP contribution in [-0.2, 0) is 4.79 Å². The standard InChI is InChI=1S/C27H37N5O/c1-18-15-21(12-13-28-18)26-24-16-22(10-11-25(24)30-31-26)27(33)29-23-9-6-14-32(17-23)19(2)20-7-4-3-5-8-20/h3-5,7-8,12-13,15,19,22-26,30-31H,6,9-11,14,16-17H2,1-2H3,(H,29,33)/t19?,22?,23-,24?,25?,26?/m1/s1. The van der Waals surface area contributed by atoms with E-state index in [0.717, 1.165) is 50.9 Å². The van der Waals surface area contributed by atoms with Crippen LogP contribution in [0.5, 0.6) is 0 Å². The molecule has 5 rings (SSSR count). The lowest BCUT2D eigenvalue weighted by Gasteiger charge is -2.38. The molecule has 2 saturated heterocycles. The fourth-order valence-electron chi connectivity index (χ4n) is 6.12. The molecule has 3 heterocycles. The van der Waals surface area contributed by atoms with Crippen molar-refractivity contribution in [1.82, 2.24) is 26.1 Å². The minimum Gasteiger partial charge on any atom is -0.352 e. The van der Waals surface area contributed by atoms with Crippen LogP contribution in [0.3, 0.4) is 0 Å². The maximum atomic E-state index is 13.3. The summed E-state index contributed by atoms with van der Waals surface area (Å²) in [6, 6.07) is 16.3. The lowest BCUT2D eigenvalue weighted by Crippen LogP contribution is -2.50. The van der Waals surface area contributed by atoms with Crippen LogP contribution in [0, 0.1) is 18.8 Å². The van der Waals surface area contributed by atoms with E-state index in [0.29, 0.717) is 18.0 Å². The monoisotopic (exact) mass is 447 g/mol. The average Bonchev–Trinajstić information content (AvgIpc) is 3.27. The summed E-state index contributed by atoms with van der Waals surface area (Å²) < 4.78 is 0. The van der Waals surface area contributed by atoms with E-state index in [1.165, 1.54) is 11.1 Å². The number of piperidine rings is 1. The van der Waals surface area contributed by atoms with Gasteiger partial charge in [0.2, 0.25) is 5.91 Å². The van der Waals surface area contributed by atoms with Gasteiger partial charge in [-0.2, -0.15) is 0 Å². The molecule has 2 aromatic rings. The highest BCUT2D eigenvalue weighted by atomic mass is 16.2. The fraction of sp³-hybridized carbons (Fsp3) is 0.556. The van der Waals surface area contributed by atoms with E-state index in [4.69, 9.17) is 0 Å². The van der Waals surface area contributed by atoms with Gasteiger partial charge < -0.3 is 5.32 Å². The second-order valence-electron chi connectivity index (χ2n) is 10.2. The number of nitrogens with zero attached hydrogens (tertiary/aromatic N) is 2. The number of amides is 1. The van der Waals surface area contributed by atoms with Gasteiger partial charge >= 0.3 is 0 Å². The molecule has 3 N–H and O–H groups in total. The van der Waals surface area contributed by atoms with Crippen LogP contribution in [0.1, 0.15) is 67.9 Å². The molecule has 1 saturated carbocycles. The van der Waals surface area contributed by atoms with E-state index in [9.17, 15) is 4.79 Å². The van der Waals surface area contributed by atoms with Crippen LogP contribution < -0.4 is 16.2 Å². The zero-order valence-corrected chi connectivity index (χ0v) is 19.8. The number of benzene rings is 1. The highest BCUT2D eigenvalue weighted by molar-refractivity contribution is 5.79. The Kier molecular flexibility index (Phi) is 6.76. The van der Waals surface area contributed by atoms with Gasteiger partial charge in [0.25, 0.3) is 0 Å². The molecule has 3 aliphatic rings. The first-order chi connectivity index (χ1) is 16.1. The number of fused-ring (bicyclic) bond motifs is 1. The lowest BCUT2D eigenvalue weighted by atomic mass is 9.74. The van der Waals surface area contributed by atoms with Gasteiger partial charge in [0, 0.05) is 42.5 Å². The Morgan fingerprint density at radius 3 is 2.82 bits per heavy atom. The van der Waals surface area contributed by atoms with Gasteiger partial charge in [-0.15, -0.1) is 0 Å². The zero-order valence-electron chi connectivity index (χ0n) is 19.8. The molecule has 2 aliphatic heterocycles. The van der Waals surface area contributed by atoms with Crippen molar-refractivity contribution in [3.05, 3.63) is 65.5 Å². The first-order valence-corrected chi connectivity index (χ1v) is 12.6. The van der Waals surface area contributed by atoms with Crippen molar-refractivity contribution in [2.24, 2.45) is 11.8 Å². The molecule has 6 atom stereocenters. The molecule has 0 radical (unpaired) electrons. The second-order valence-corrected chi connectivity index (χ2v) is 10.2. The number of rotatable bonds is 5. The summed E-state index contributed by atoms with van der Waals surface area (Å²) in [4.78, 5) is 20.2. The fourth-order valence-corrected chi connectivity index (χ4v) is 6.12. The van der Waals surface area contributed by atoms with Crippen molar-refractivity contribution in [3.63, 3.8) is 0 Å². The number of carbonyl (C=O) groups is 1. The smallest absolute Gasteiger partial charge is 0.223 e. The molecule has 6 nitrogen and oxygen atoms in total. The highest BCUT2D eigenvalue weighted by Gasteiger charge is 2.43. The van der Waals surface area contributed by atoms with Crippen LogP contribution in [-0.4, -0.2) is 41.0 Å². The number of aryl methyl sites for hydroxylation is 1. The summed E-state index contributed by atoms with van der Waals surface area (Å²) in [5.41, 5.74) is 10.6. The Hall–Kier alpha value is -2.28. The SMILES string of the molecule is Cc1cc(C2NNC3CCC(C(=O)N[C@@H]4CCCN(C(C)c5ccccc5)C4)CC32)ccn1. The quantitative estimate of drug-likeness (QED) is 0.653. The first kappa shape index (κ1) is 22.5. The molecular weight excluding hydrogens is 410 g/mol. The normalized spacial score (nSPS) is 31.0. The lowest BCUT2D eigenvalue weighted by molar-refractivity contribution is -0.127. The third-order valence-electron chi connectivity index (χ3n) is 8.03. The van der Waals surface area contributed by atoms with Crippen molar-refractivity contribution in [2.75, 3.05) is 13.1 Å². The summed E-state index contributed by atoms with van der Waals surface area (Å²) in [6.07, 6.45) is 7.02. The molecule has 1 aromatic heterocycles. The van der Waals surface area contributed by atoms with E-state index in [1.807, 2.05) is 13.1 Å². The number of hydrogen-bond acceptors (Lipinski definition) is 5. The third-order valence-corrected chi connectivity index (χ3v) is 8.03. The topological polar surface area (TPSA) is 69.3 Å². The number of likely N-dealkylation sites (tertiary alicyclic amines) is 1. The van der Waals surface area contributed by atoms with Crippen molar-refractivity contribution >= 4 is 5.91 Å². The molecule has 6 heteroatoms. The van der Waals surface area contributed by atoms with E-state index in [1.54, 1.807) is 0 Å². The Morgan fingerprint density at radius 2 is 2.00 bits per heavy atom. The first-order valence-electron chi connectivity index (χ1n) is 12.6. The van der Waals surface area contributed by atoms with Gasteiger partial charge in [-0.25, -0.2) is 5.43 Å². The van der Waals surface area contributed by atoms with E-state index < -0.39 is 0 Å². The van der Waals surface area contributed by atoms with Gasteiger partial charge in [0.05, 0.1) is 6.04 Å².